The van der Waals surface area contributed by atoms with Gasteiger partial charge in [0.2, 0.25) is 0 Å². The highest BCUT2D eigenvalue weighted by Crippen LogP contribution is 2.27. The minimum absolute atomic E-state index is 0.122. The van der Waals surface area contributed by atoms with Crippen molar-refractivity contribution >= 4 is 5.69 Å². The maximum Gasteiger partial charge on any atom is 0.394 e. The largest absolute Gasteiger partial charge is 0.394 e. The molecule has 0 spiro atoms. The van der Waals surface area contributed by atoms with Gasteiger partial charge < -0.3 is 10.6 Å². The predicted octanol–water partition coefficient (Wildman–Crippen LogP) is 2.57. The van der Waals surface area contributed by atoms with Gasteiger partial charge in [-0.2, -0.15) is 13.2 Å². The topological polar surface area (TPSA) is 29.3 Å². The van der Waals surface area contributed by atoms with E-state index in [1.54, 1.807) is 24.1 Å². The number of halogens is 3. The zero-order valence-corrected chi connectivity index (χ0v) is 9.96. The third-order valence-electron chi connectivity index (χ3n) is 2.72. The van der Waals surface area contributed by atoms with Crippen LogP contribution >= 0.6 is 0 Å². The van der Waals surface area contributed by atoms with Crippen LogP contribution in [0.3, 0.4) is 0 Å². The lowest BCUT2D eigenvalue weighted by atomic mass is 10.1. The first-order valence-corrected chi connectivity index (χ1v) is 5.39. The van der Waals surface area contributed by atoms with Crippen molar-refractivity contribution in [2.75, 3.05) is 25.0 Å². The molecule has 0 aliphatic rings. The second-order valence-corrected chi connectivity index (χ2v) is 4.19. The Kier molecular flexibility index (Phi) is 4.40. The fraction of sp³-hybridized carbons (Fsp3) is 0.500. The second kappa shape index (κ2) is 5.40. The van der Waals surface area contributed by atoms with Crippen LogP contribution in [0.15, 0.2) is 24.3 Å². The Bertz CT molecular complexity index is 346. The van der Waals surface area contributed by atoms with E-state index >= 15 is 0 Å². The molecule has 0 saturated heterocycles. The van der Waals surface area contributed by atoms with Gasteiger partial charge >= 0.3 is 6.18 Å². The molecule has 0 amide bonds. The molecule has 17 heavy (non-hydrogen) atoms. The Balaban J connectivity index is 2.71. The first-order chi connectivity index (χ1) is 7.84. The maximum atomic E-state index is 12.6. The van der Waals surface area contributed by atoms with Crippen LogP contribution in [0.4, 0.5) is 18.9 Å². The molecular formula is C12H17F3N2. The van der Waals surface area contributed by atoms with E-state index in [1.807, 2.05) is 19.1 Å². The average molecular weight is 246 g/mol. The molecule has 1 aromatic rings. The lowest BCUT2D eigenvalue weighted by molar-refractivity contribution is -0.168. The molecule has 0 saturated carbocycles. The smallest absolute Gasteiger partial charge is 0.374 e. The quantitative estimate of drug-likeness (QED) is 0.884. The second-order valence-electron chi connectivity index (χ2n) is 4.19. The minimum Gasteiger partial charge on any atom is -0.374 e. The Hall–Kier alpha value is -1.23. The molecule has 0 aromatic heterocycles. The van der Waals surface area contributed by atoms with Crippen LogP contribution in [-0.2, 0) is 0 Å². The van der Waals surface area contributed by atoms with Gasteiger partial charge in [0, 0.05) is 25.8 Å². The van der Waals surface area contributed by atoms with Gasteiger partial charge in [-0.3, -0.25) is 0 Å². The van der Waals surface area contributed by atoms with Crippen LogP contribution in [0.1, 0.15) is 5.56 Å². The summed E-state index contributed by atoms with van der Waals surface area (Å²) in [6, 6.07) is 7.35. The number of hydrogen-bond donors (Lipinski definition) is 1. The summed E-state index contributed by atoms with van der Waals surface area (Å²) in [6.07, 6.45) is -4.24. The molecule has 2 nitrogen and oxygen atoms in total. The number of rotatable bonds is 4. The summed E-state index contributed by atoms with van der Waals surface area (Å²) in [5, 5.41) is 0. The van der Waals surface area contributed by atoms with E-state index in [2.05, 4.69) is 0 Å². The van der Waals surface area contributed by atoms with Crippen molar-refractivity contribution in [3.05, 3.63) is 29.8 Å². The molecule has 0 aliphatic heterocycles. The van der Waals surface area contributed by atoms with Crippen molar-refractivity contribution in [3.63, 3.8) is 0 Å². The van der Waals surface area contributed by atoms with Crippen molar-refractivity contribution in [2.24, 2.45) is 11.7 Å². The highest BCUT2D eigenvalue weighted by molar-refractivity contribution is 5.46. The van der Waals surface area contributed by atoms with Crippen LogP contribution in [-0.4, -0.2) is 26.3 Å². The Morgan fingerprint density at radius 2 is 1.76 bits per heavy atom. The third-order valence-corrected chi connectivity index (χ3v) is 2.72. The molecule has 96 valence electrons. The van der Waals surface area contributed by atoms with Gasteiger partial charge in [0.1, 0.15) is 0 Å². The zero-order chi connectivity index (χ0) is 13.1. The number of benzene rings is 1. The van der Waals surface area contributed by atoms with Crippen LogP contribution in [0, 0.1) is 12.8 Å². The highest BCUT2D eigenvalue weighted by atomic mass is 19.4. The summed E-state index contributed by atoms with van der Waals surface area (Å²) in [5.41, 5.74) is 7.00. The van der Waals surface area contributed by atoms with E-state index in [0.717, 1.165) is 11.3 Å². The van der Waals surface area contributed by atoms with Crippen LogP contribution in [0.25, 0.3) is 0 Å². The van der Waals surface area contributed by atoms with Crippen LogP contribution < -0.4 is 10.6 Å². The number of anilines is 1. The summed E-state index contributed by atoms with van der Waals surface area (Å²) in [5.74, 6) is -1.49. The fourth-order valence-corrected chi connectivity index (χ4v) is 1.55. The number of nitrogens with two attached hydrogens (primary N) is 1. The van der Waals surface area contributed by atoms with E-state index in [-0.39, 0.29) is 13.1 Å². The number of alkyl halides is 3. The summed E-state index contributed by atoms with van der Waals surface area (Å²) >= 11 is 0. The Labute approximate surface area is 99.2 Å². The third kappa shape index (κ3) is 3.93. The molecule has 2 N–H and O–H groups in total. The van der Waals surface area contributed by atoms with E-state index in [0.29, 0.717) is 0 Å². The van der Waals surface area contributed by atoms with Crippen molar-refractivity contribution < 1.29 is 13.2 Å². The van der Waals surface area contributed by atoms with Gasteiger partial charge in [0.05, 0.1) is 5.92 Å². The van der Waals surface area contributed by atoms with E-state index in [1.165, 1.54) is 0 Å². The van der Waals surface area contributed by atoms with Crippen molar-refractivity contribution in [2.45, 2.75) is 13.1 Å². The monoisotopic (exact) mass is 246 g/mol. The molecule has 1 unspecified atom stereocenters. The Morgan fingerprint density at radius 1 is 1.24 bits per heavy atom. The minimum atomic E-state index is -4.24. The summed E-state index contributed by atoms with van der Waals surface area (Å²) in [4.78, 5) is 1.57. The number of nitrogens with zero attached hydrogens (tertiary/aromatic N) is 1. The maximum absolute atomic E-state index is 12.6. The standard InChI is InChI=1S/C12H17F3N2/c1-9-3-5-11(6-4-9)17(2)8-10(7-16)12(13,14)15/h3-6,10H,7-8,16H2,1-2H3. The molecule has 1 atom stereocenters. The lowest BCUT2D eigenvalue weighted by Crippen LogP contribution is -2.39. The normalized spacial score (nSPS) is 13.5. The fourth-order valence-electron chi connectivity index (χ4n) is 1.55. The van der Waals surface area contributed by atoms with Crippen LogP contribution in [0.5, 0.6) is 0 Å². The van der Waals surface area contributed by atoms with E-state index < -0.39 is 12.1 Å². The number of aryl methyl sites for hydroxylation is 1. The zero-order valence-electron chi connectivity index (χ0n) is 9.96. The molecule has 0 radical (unpaired) electrons. The van der Waals surface area contributed by atoms with Gasteiger partial charge in [-0.05, 0) is 19.1 Å². The molecule has 0 heterocycles. The molecule has 0 fully saturated rings. The number of hydrogen-bond acceptors (Lipinski definition) is 2. The van der Waals surface area contributed by atoms with Gasteiger partial charge in [0.25, 0.3) is 0 Å². The molecular weight excluding hydrogens is 229 g/mol. The molecule has 0 bridgehead atoms. The van der Waals surface area contributed by atoms with Crippen molar-refractivity contribution in [1.82, 2.24) is 0 Å². The summed E-state index contributed by atoms with van der Waals surface area (Å²) in [7, 11) is 1.64. The SMILES string of the molecule is Cc1ccc(N(C)CC(CN)C(F)(F)F)cc1. The molecule has 1 aromatic carbocycles. The first kappa shape index (κ1) is 13.8. The average Bonchev–Trinajstić information content (AvgIpc) is 2.24. The summed E-state index contributed by atoms with van der Waals surface area (Å²) in [6.45, 7) is 1.42. The predicted molar refractivity (Wildman–Crippen MR) is 63.0 cm³/mol. The van der Waals surface area contributed by atoms with E-state index in [4.69, 9.17) is 5.73 Å². The van der Waals surface area contributed by atoms with Gasteiger partial charge in [-0.15, -0.1) is 0 Å². The summed E-state index contributed by atoms with van der Waals surface area (Å²) < 4.78 is 37.7. The Morgan fingerprint density at radius 3 is 2.18 bits per heavy atom. The highest BCUT2D eigenvalue weighted by Gasteiger charge is 2.39. The molecule has 5 heteroatoms. The lowest BCUT2D eigenvalue weighted by Gasteiger charge is -2.26. The van der Waals surface area contributed by atoms with Gasteiger partial charge in [-0.1, -0.05) is 17.7 Å². The first-order valence-electron chi connectivity index (χ1n) is 5.39. The van der Waals surface area contributed by atoms with Crippen molar-refractivity contribution in [1.29, 1.82) is 0 Å². The van der Waals surface area contributed by atoms with Crippen LogP contribution in [0.2, 0.25) is 0 Å². The molecule has 1 rings (SSSR count). The van der Waals surface area contributed by atoms with Crippen molar-refractivity contribution in [3.8, 4) is 0 Å². The van der Waals surface area contributed by atoms with Gasteiger partial charge in [0.15, 0.2) is 0 Å². The molecule has 0 aliphatic carbocycles. The van der Waals surface area contributed by atoms with Gasteiger partial charge in [-0.25, -0.2) is 0 Å². The van der Waals surface area contributed by atoms with E-state index in [9.17, 15) is 13.2 Å².